The van der Waals surface area contributed by atoms with Gasteiger partial charge in [-0.3, -0.25) is 4.98 Å². The second-order valence-electron chi connectivity index (χ2n) is 2.79. The minimum atomic E-state index is -0.568. The van der Waals surface area contributed by atoms with Crippen LogP contribution in [0.2, 0.25) is 0 Å². The Morgan fingerprint density at radius 1 is 1.62 bits per heavy atom. The van der Waals surface area contributed by atoms with Crippen molar-refractivity contribution < 1.29 is 15.0 Å². The number of ether oxygens (including phenoxy) is 1. The Bertz CT molecular complexity index is 366. The van der Waals surface area contributed by atoms with Crippen molar-refractivity contribution in [2.75, 3.05) is 6.61 Å². The van der Waals surface area contributed by atoms with E-state index >= 15 is 0 Å². The van der Waals surface area contributed by atoms with Crippen LogP contribution in [-0.2, 0) is 4.74 Å². The van der Waals surface area contributed by atoms with Crippen molar-refractivity contribution in [2.45, 2.75) is 13.8 Å². The highest BCUT2D eigenvalue weighted by Gasteiger charge is 1.95. The van der Waals surface area contributed by atoms with Gasteiger partial charge >= 0.3 is 6.09 Å². The maximum Gasteiger partial charge on any atom is 0.427 e. The lowest BCUT2D eigenvalue weighted by molar-refractivity contribution is 0.152. The number of carbonyl (C=O) groups excluding carboxylic acids is 1. The fraction of sp³-hybridized carbons (Fsp3) is 0.300. The number of aromatic nitrogens is 1. The summed E-state index contributed by atoms with van der Waals surface area (Å²) < 4.78 is 4.62. The Balaban J connectivity index is 0.00000225. The smallest absolute Gasteiger partial charge is 0.427 e. The van der Waals surface area contributed by atoms with Gasteiger partial charge in [-0.05, 0) is 26.0 Å². The molecule has 0 aliphatic heterocycles. The maximum atomic E-state index is 10.8. The Labute approximate surface area is 93.6 Å². The quantitative estimate of drug-likeness (QED) is 0.604. The summed E-state index contributed by atoms with van der Waals surface area (Å²) in [7, 11) is 0. The molecule has 1 heterocycles. The van der Waals surface area contributed by atoms with Crippen LogP contribution in [0, 0.1) is 6.92 Å². The number of nitrogens with one attached hydrogen (secondary N) is 1. The lowest BCUT2D eigenvalue weighted by Crippen LogP contribution is -2.18. The highest BCUT2D eigenvalue weighted by molar-refractivity contribution is 5.78. The molecule has 1 aromatic rings. The van der Waals surface area contributed by atoms with Crippen LogP contribution >= 0.6 is 0 Å². The summed E-state index contributed by atoms with van der Waals surface area (Å²) >= 11 is 0. The molecule has 0 aliphatic carbocycles. The van der Waals surface area contributed by atoms with Gasteiger partial charge in [0, 0.05) is 5.69 Å². The topological polar surface area (TPSA) is 95.1 Å². The summed E-state index contributed by atoms with van der Waals surface area (Å²) in [6.45, 7) is 3.94. The predicted molar refractivity (Wildman–Crippen MR) is 60.3 cm³/mol. The standard InChI is InChI=1S/C10H13N3O2.H2O/c1-3-15-10(14)13-11-7-9-6-4-5-8(2)12-9;/h4-7H,3H2,1-2H3,(H,13,14);1H2. The van der Waals surface area contributed by atoms with Gasteiger partial charge in [0.05, 0.1) is 18.5 Å². The van der Waals surface area contributed by atoms with Crippen molar-refractivity contribution >= 4 is 12.3 Å². The van der Waals surface area contributed by atoms with E-state index < -0.39 is 6.09 Å². The summed E-state index contributed by atoms with van der Waals surface area (Å²) in [4.78, 5) is 15.0. The molecule has 0 saturated heterocycles. The van der Waals surface area contributed by atoms with Crippen LogP contribution in [0.15, 0.2) is 23.3 Å². The Hall–Kier alpha value is -1.95. The molecule has 0 bridgehead atoms. The molecular formula is C10H15N3O3. The van der Waals surface area contributed by atoms with Crippen molar-refractivity contribution in [3.63, 3.8) is 0 Å². The van der Waals surface area contributed by atoms with Crippen LogP contribution in [0.4, 0.5) is 4.79 Å². The van der Waals surface area contributed by atoms with Gasteiger partial charge in [0.25, 0.3) is 0 Å². The minimum absolute atomic E-state index is 0. The zero-order valence-electron chi connectivity index (χ0n) is 9.23. The number of rotatable bonds is 3. The van der Waals surface area contributed by atoms with E-state index in [4.69, 9.17) is 0 Å². The average molecular weight is 225 g/mol. The van der Waals surface area contributed by atoms with E-state index in [1.165, 1.54) is 6.21 Å². The van der Waals surface area contributed by atoms with Crippen molar-refractivity contribution in [1.29, 1.82) is 0 Å². The van der Waals surface area contributed by atoms with E-state index in [-0.39, 0.29) is 5.48 Å². The van der Waals surface area contributed by atoms with Crippen molar-refractivity contribution in [1.82, 2.24) is 10.4 Å². The lowest BCUT2D eigenvalue weighted by atomic mass is 10.3. The van der Waals surface area contributed by atoms with Crippen LogP contribution in [0.1, 0.15) is 18.3 Å². The molecule has 0 atom stereocenters. The normalized spacial score (nSPS) is 9.62. The summed E-state index contributed by atoms with van der Waals surface area (Å²) in [5, 5.41) is 3.69. The third-order valence-corrected chi connectivity index (χ3v) is 1.54. The number of aryl methyl sites for hydroxylation is 1. The molecule has 1 amide bonds. The Morgan fingerprint density at radius 2 is 2.38 bits per heavy atom. The summed E-state index contributed by atoms with van der Waals surface area (Å²) in [6, 6.07) is 5.55. The number of hydrazone groups is 1. The second kappa shape index (κ2) is 7.36. The lowest BCUT2D eigenvalue weighted by Gasteiger charge is -1.98. The van der Waals surface area contributed by atoms with E-state index in [2.05, 4.69) is 20.2 Å². The van der Waals surface area contributed by atoms with E-state index in [9.17, 15) is 4.79 Å². The minimum Gasteiger partial charge on any atom is -0.449 e. The molecule has 1 aromatic heterocycles. The summed E-state index contributed by atoms with van der Waals surface area (Å²) in [5.41, 5.74) is 3.80. The number of nitrogens with zero attached hydrogens (tertiary/aromatic N) is 2. The SMILES string of the molecule is CCOC(=O)NN=Cc1cccc(C)n1.O. The van der Waals surface area contributed by atoms with Gasteiger partial charge in [-0.1, -0.05) is 6.07 Å². The molecule has 6 nitrogen and oxygen atoms in total. The molecule has 0 fully saturated rings. The second-order valence-corrected chi connectivity index (χ2v) is 2.79. The van der Waals surface area contributed by atoms with Gasteiger partial charge in [-0.2, -0.15) is 5.10 Å². The molecule has 0 aromatic carbocycles. The van der Waals surface area contributed by atoms with Gasteiger partial charge in [0.15, 0.2) is 0 Å². The molecule has 0 radical (unpaired) electrons. The number of hydrogen-bond acceptors (Lipinski definition) is 4. The largest absolute Gasteiger partial charge is 0.449 e. The zero-order valence-corrected chi connectivity index (χ0v) is 9.23. The predicted octanol–water partition coefficient (Wildman–Crippen LogP) is 0.645. The fourth-order valence-electron chi connectivity index (χ4n) is 0.951. The molecule has 3 N–H and O–H groups in total. The van der Waals surface area contributed by atoms with Crippen LogP contribution in [0.25, 0.3) is 0 Å². The molecule has 6 heteroatoms. The zero-order chi connectivity index (χ0) is 11.1. The number of hydrogen-bond donors (Lipinski definition) is 1. The third-order valence-electron chi connectivity index (χ3n) is 1.54. The van der Waals surface area contributed by atoms with Gasteiger partial charge in [-0.25, -0.2) is 10.2 Å². The molecular weight excluding hydrogens is 210 g/mol. The van der Waals surface area contributed by atoms with E-state index in [0.29, 0.717) is 12.3 Å². The first-order valence-electron chi connectivity index (χ1n) is 4.62. The molecule has 0 aliphatic rings. The fourth-order valence-corrected chi connectivity index (χ4v) is 0.951. The van der Waals surface area contributed by atoms with Crippen molar-refractivity contribution in [3.8, 4) is 0 Å². The molecule has 88 valence electrons. The van der Waals surface area contributed by atoms with Crippen LogP contribution in [0.5, 0.6) is 0 Å². The number of amides is 1. The highest BCUT2D eigenvalue weighted by atomic mass is 16.5. The van der Waals surface area contributed by atoms with Crippen LogP contribution < -0.4 is 5.43 Å². The molecule has 0 spiro atoms. The molecule has 0 saturated carbocycles. The van der Waals surface area contributed by atoms with Gasteiger partial charge in [0.1, 0.15) is 0 Å². The van der Waals surface area contributed by atoms with E-state index in [1.807, 2.05) is 19.1 Å². The molecule has 16 heavy (non-hydrogen) atoms. The van der Waals surface area contributed by atoms with Gasteiger partial charge in [-0.15, -0.1) is 0 Å². The first kappa shape index (κ1) is 14.1. The number of carbonyl (C=O) groups is 1. The van der Waals surface area contributed by atoms with Crippen molar-refractivity contribution in [3.05, 3.63) is 29.6 Å². The van der Waals surface area contributed by atoms with Gasteiger partial charge in [0.2, 0.25) is 0 Å². The average Bonchev–Trinajstić information content (AvgIpc) is 2.18. The van der Waals surface area contributed by atoms with E-state index in [0.717, 1.165) is 5.69 Å². The van der Waals surface area contributed by atoms with Crippen LogP contribution in [-0.4, -0.2) is 29.4 Å². The Kier molecular flexibility index (Phi) is 6.46. The Morgan fingerprint density at radius 3 is 3.00 bits per heavy atom. The van der Waals surface area contributed by atoms with Gasteiger partial charge < -0.3 is 10.2 Å². The van der Waals surface area contributed by atoms with E-state index in [1.54, 1.807) is 13.0 Å². The number of pyridine rings is 1. The summed E-state index contributed by atoms with van der Waals surface area (Å²) in [6.07, 6.45) is 0.894. The first-order valence-corrected chi connectivity index (χ1v) is 4.62. The third kappa shape index (κ3) is 5.06. The molecule has 0 unspecified atom stereocenters. The monoisotopic (exact) mass is 225 g/mol. The highest BCUT2D eigenvalue weighted by Crippen LogP contribution is 1.94. The first-order chi connectivity index (χ1) is 7.22. The van der Waals surface area contributed by atoms with Crippen molar-refractivity contribution in [2.24, 2.45) is 5.10 Å². The summed E-state index contributed by atoms with van der Waals surface area (Å²) in [5.74, 6) is 0. The van der Waals surface area contributed by atoms with Crippen LogP contribution in [0.3, 0.4) is 0 Å². The maximum absolute atomic E-state index is 10.8. The molecule has 1 rings (SSSR count).